The van der Waals surface area contributed by atoms with Gasteiger partial charge in [0.2, 0.25) is 0 Å². The summed E-state index contributed by atoms with van der Waals surface area (Å²) in [6, 6.07) is 24.8. The summed E-state index contributed by atoms with van der Waals surface area (Å²) in [5.74, 6) is 0.00829. The summed E-state index contributed by atoms with van der Waals surface area (Å²) < 4.78 is 62.0. The Balaban J connectivity index is 0.842. The van der Waals surface area contributed by atoms with Gasteiger partial charge in [-0.2, -0.15) is 0 Å². The summed E-state index contributed by atoms with van der Waals surface area (Å²) >= 11 is 0. The number of carbonyl (C=O) groups is 1. The van der Waals surface area contributed by atoms with Gasteiger partial charge in [-0.25, -0.2) is 22.5 Å². The van der Waals surface area contributed by atoms with Gasteiger partial charge >= 0.3 is 0 Å². The quantitative estimate of drug-likeness (QED) is 0.0496. The summed E-state index contributed by atoms with van der Waals surface area (Å²) in [7, 11) is -1.66. The number of aromatic amines is 1. The summed E-state index contributed by atoms with van der Waals surface area (Å²) in [5, 5.41) is 26.5. The molecule has 10 rings (SSSR count). The number of H-pyrrole nitrogens is 1. The van der Waals surface area contributed by atoms with Crippen LogP contribution in [0.2, 0.25) is 0 Å². The third-order valence-electron chi connectivity index (χ3n) is 15.9. The first-order valence-corrected chi connectivity index (χ1v) is 27.2. The summed E-state index contributed by atoms with van der Waals surface area (Å²) in [5.41, 5.74) is 3.92. The highest BCUT2D eigenvalue weighted by atomic mass is 32.2. The molecule has 19 heteroatoms. The number of anilines is 2. The molecule has 0 unspecified atom stereocenters. The Morgan fingerprint density at radius 2 is 1.76 bits per heavy atom. The van der Waals surface area contributed by atoms with Gasteiger partial charge in [-0.05, 0) is 123 Å². The molecule has 4 fully saturated rings. The Morgan fingerprint density at radius 1 is 0.987 bits per heavy atom. The van der Waals surface area contributed by atoms with Crippen LogP contribution in [-0.2, 0) is 16.6 Å². The molecular formula is C56H65FN8O9S. The molecule has 2 saturated heterocycles. The molecule has 0 bridgehead atoms. The number of piperazine rings is 1. The van der Waals surface area contributed by atoms with Crippen LogP contribution in [0.4, 0.5) is 21.5 Å². The fourth-order valence-corrected chi connectivity index (χ4v) is 12.8. The normalized spacial score (nSPS) is 21.1. The first kappa shape index (κ1) is 51.7. The van der Waals surface area contributed by atoms with Gasteiger partial charge in [0, 0.05) is 92.7 Å². The van der Waals surface area contributed by atoms with Crippen LogP contribution >= 0.6 is 0 Å². The average molecular weight is 1050 g/mol. The van der Waals surface area contributed by atoms with E-state index in [2.05, 4.69) is 72.8 Å². The van der Waals surface area contributed by atoms with E-state index < -0.39 is 42.9 Å². The highest BCUT2D eigenvalue weighted by molar-refractivity contribution is 7.90. The Morgan fingerprint density at radius 3 is 2.49 bits per heavy atom. The van der Waals surface area contributed by atoms with Gasteiger partial charge in [0.25, 0.3) is 21.6 Å². The SMILES string of the molecule is COc1cc(CN2CCN(C3CC4(C3)CN(c3ccc(C(=O)NS(=O)(=O)c5ccc(NC[C@H]6CC[C@](C)(O)CC6)c([N+](=O)[O-])c5)c(Oc5cnc6[nH]ccc6c5)c3)C4)[C@H](c3ccccc3C(C)C)C2)cc(F)c1OC. The van der Waals surface area contributed by atoms with Crippen molar-refractivity contribution in [3.8, 4) is 23.0 Å². The molecular weight excluding hydrogens is 980 g/mol. The predicted octanol–water partition coefficient (Wildman–Crippen LogP) is 9.54. The molecule has 2 aliphatic heterocycles. The number of ether oxygens (including phenoxy) is 3. The third-order valence-corrected chi connectivity index (χ3v) is 17.2. The van der Waals surface area contributed by atoms with E-state index in [1.54, 1.807) is 37.4 Å². The molecule has 396 valence electrons. The number of nitrogens with zero attached hydrogens (tertiary/aromatic N) is 5. The standard InChI is InChI=1S/C56H65FN8O9S/c1-35(2)43-8-6-7-9-44(43)49-32-62(31-37-22-46(57)52(73-5)51(23-37)72-4)20-21-64(49)40-27-56(28-40)33-63(34-56)39-10-12-45(50(25-39)74-41-24-38-16-19-58-53(38)60-30-41)54(66)61-75(70,71)42-11-13-47(48(26-42)65(68)69)59-29-36-14-17-55(3,67)18-15-36/h6-13,16,19,22-26,30,35-36,40,49,59,67H,14-15,17-18,20-21,27-29,31-34H2,1-5H3,(H,58,60)(H,61,66)/t36-,49-,55-/m0/s1. The number of nitro benzene ring substituents is 1. The number of nitro groups is 1. The van der Waals surface area contributed by atoms with Gasteiger partial charge in [0.1, 0.15) is 22.8 Å². The van der Waals surface area contributed by atoms with Crippen LogP contribution in [0.15, 0.2) is 102 Å². The minimum Gasteiger partial charge on any atom is -0.493 e. The van der Waals surface area contributed by atoms with Crippen molar-refractivity contribution in [1.29, 1.82) is 0 Å². The molecule has 0 radical (unpaired) electrons. The highest BCUT2D eigenvalue weighted by Crippen LogP contribution is 2.54. The number of nitrogens with one attached hydrogen (secondary N) is 3. The molecule has 75 heavy (non-hydrogen) atoms. The first-order valence-electron chi connectivity index (χ1n) is 25.7. The number of halogens is 1. The summed E-state index contributed by atoms with van der Waals surface area (Å²) in [4.78, 5) is 40.1. The van der Waals surface area contributed by atoms with Crippen LogP contribution in [0.1, 0.15) is 98.3 Å². The molecule has 4 aromatic carbocycles. The van der Waals surface area contributed by atoms with Gasteiger partial charge in [-0.3, -0.25) is 24.7 Å². The highest BCUT2D eigenvalue weighted by Gasteiger charge is 2.55. The number of methoxy groups -OCH3 is 2. The van der Waals surface area contributed by atoms with Gasteiger partial charge in [-0.15, -0.1) is 0 Å². The third kappa shape index (κ3) is 10.9. The van der Waals surface area contributed by atoms with Gasteiger partial charge in [0.05, 0.1) is 41.4 Å². The Bertz CT molecular complexity index is 3220. The topological polar surface area (TPSA) is 205 Å². The maximum absolute atomic E-state index is 15.1. The second-order valence-electron chi connectivity index (χ2n) is 21.6. The molecule has 4 N–H and O–H groups in total. The lowest BCUT2D eigenvalue weighted by atomic mass is 9.59. The minimum absolute atomic E-state index is 0.0576. The van der Waals surface area contributed by atoms with Crippen LogP contribution in [0.5, 0.6) is 23.0 Å². The van der Waals surface area contributed by atoms with Crippen molar-refractivity contribution in [2.45, 2.75) is 94.3 Å². The van der Waals surface area contributed by atoms with E-state index in [1.807, 2.05) is 12.1 Å². The van der Waals surface area contributed by atoms with Crippen molar-refractivity contribution < 1.29 is 41.8 Å². The number of hydrogen-bond acceptors (Lipinski definition) is 14. The second-order valence-corrected chi connectivity index (χ2v) is 23.2. The zero-order valence-corrected chi connectivity index (χ0v) is 43.8. The first-order chi connectivity index (χ1) is 35.9. The van der Waals surface area contributed by atoms with Crippen molar-refractivity contribution in [1.82, 2.24) is 24.5 Å². The van der Waals surface area contributed by atoms with Crippen LogP contribution in [0.3, 0.4) is 0 Å². The van der Waals surface area contributed by atoms with Crippen LogP contribution in [0.25, 0.3) is 11.0 Å². The van der Waals surface area contributed by atoms with Crippen LogP contribution < -0.4 is 29.1 Å². The molecule has 2 aliphatic carbocycles. The predicted molar refractivity (Wildman–Crippen MR) is 284 cm³/mol. The van der Waals surface area contributed by atoms with Crippen LogP contribution in [0, 0.1) is 27.3 Å². The molecule has 1 atom stereocenters. The van der Waals surface area contributed by atoms with Crippen molar-refractivity contribution in [2.24, 2.45) is 11.3 Å². The van der Waals surface area contributed by atoms with E-state index in [4.69, 9.17) is 14.2 Å². The molecule has 2 saturated carbocycles. The Hall–Kier alpha value is -6.80. The van der Waals surface area contributed by atoms with E-state index in [9.17, 15) is 28.4 Å². The van der Waals surface area contributed by atoms with E-state index in [1.165, 1.54) is 49.7 Å². The van der Waals surface area contributed by atoms with E-state index in [0.717, 1.165) is 81.1 Å². The number of amides is 1. The van der Waals surface area contributed by atoms with Crippen molar-refractivity contribution in [3.63, 3.8) is 0 Å². The molecule has 1 spiro atoms. The molecule has 4 heterocycles. The van der Waals surface area contributed by atoms with Gasteiger partial charge in [0.15, 0.2) is 17.3 Å². The largest absolute Gasteiger partial charge is 0.493 e. The monoisotopic (exact) mass is 1040 g/mol. The number of rotatable bonds is 17. The molecule has 2 aromatic heterocycles. The number of pyridine rings is 1. The number of benzene rings is 4. The number of aromatic nitrogens is 2. The maximum atomic E-state index is 15.1. The second kappa shape index (κ2) is 20.7. The van der Waals surface area contributed by atoms with Crippen LogP contribution in [-0.4, -0.2) is 109 Å². The van der Waals surface area contributed by atoms with Gasteiger partial charge in [-0.1, -0.05) is 38.1 Å². The van der Waals surface area contributed by atoms with Crippen molar-refractivity contribution in [2.75, 3.05) is 63.7 Å². The van der Waals surface area contributed by atoms with E-state index in [-0.39, 0.29) is 40.1 Å². The zero-order chi connectivity index (χ0) is 52.8. The lowest BCUT2D eigenvalue weighted by molar-refractivity contribution is -0.384. The summed E-state index contributed by atoms with van der Waals surface area (Å²) in [6.45, 7) is 11.3. The number of fused-ring (bicyclic) bond motifs is 1. The maximum Gasteiger partial charge on any atom is 0.293 e. The van der Waals surface area contributed by atoms with E-state index in [0.29, 0.717) is 55.0 Å². The van der Waals surface area contributed by atoms with Crippen molar-refractivity contribution in [3.05, 3.63) is 136 Å². The zero-order valence-electron chi connectivity index (χ0n) is 43.0. The lowest BCUT2D eigenvalue weighted by Gasteiger charge is -2.63. The summed E-state index contributed by atoms with van der Waals surface area (Å²) in [6.07, 6.45) is 8.04. The molecule has 4 aliphatic rings. The molecule has 6 aromatic rings. The fourth-order valence-electron chi connectivity index (χ4n) is 11.8. The number of carbonyl (C=O) groups excluding carboxylic acids is 1. The molecule has 1 amide bonds. The Kier molecular flexibility index (Phi) is 14.3. The number of sulfonamides is 1. The lowest BCUT2D eigenvalue weighted by Crippen LogP contribution is -2.68. The molecule has 17 nitrogen and oxygen atoms in total. The van der Waals surface area contributed by atoms with Gasteiger partial charge < -0.3 is 34.5 Å². The fraction of sp³-hybridized carbons (Fsp3) is 0.429. The number of hydrogen-bond donors (Lipinski definition) is 4. The Labute approximate surface area is 436 Å². The smallest absolute Gasteiger partial charge is 0.293 e. The minimum atomic E-state index is -4.61. The number of aliphatic hydroxyl groups is 1. The van der Waals surface area contributed by atoms with E-state index >= 15 is 4.39 Å². The van der Waals surface area contributed by atoms with Crippen molar-refractivity contribution >= 4 is 44.0 Å². The average Bonchev–Trinajstić information content (AvgIpc) is 3.83.